The summed E-state index contributed by atoms with van der Waals surface area (Å²) in [5, 5.41) is 5.90. The van der Waals surface area contributed by atoms with Gasteiger partial charge in [-0.2, -0.15) is 0 Å². The molecule has 4 heterocycles. The van der Waals surface area contributed by atoms with E-state index >= 15 is 0 Å². The summed E-state index contributed by atoms with van der Waals surface area (Å²) in [6, 6.07) is 15.2. The van der Waals surface area contributed by atoms with E-state index in [2.05, 4.69) is 15.6 Å². The van der Waals surface area contributed by atoms with Crippen molar-refractivity contribution < 1.29 is 28.6 Å². The maximum absolute atomic E-state index is 13.5. The fourth-order valence-electron chi connectivity index (χ4n) is 4.75. The predicted octanol–water partition coefficient (Wildman–Crippen LogP) is 2.58. The summed E-state index contributed by atoms with van der Waals surface area (Å²) in [6.45, 7) is 1.24. The summed E-state index contributed by atoms with van der Waals surface area (Å²) >= 11 is 0. The molecule has 1 saturated heterocycles. The molecule has 0 radical (unpaired) electrons. The Labute approximate surface area is 231 Å². The molecule has 2 N–H and O–H groups in total. The normalized spacial score (nSPS) is 20.9. The maximum Gasteiger partial charge on any atom is 0.258 e. The molecule has 3 aliphatic heterocycles. The van der Waals surface area contributed by atoms with E-state index in [1.54, 1.807) is 41.4 Å². The third kappa shape index (κ3) is 6.17. The molecule has 3 amide bonds. The fourth-order valence-corrected chi connectivity index (χ4v) is 4.75. The van der Waals surface area contributed by atoms with Crippen LogP contribution >= 0.6 is 0 Å². The quantitative estimate of drug-likeness (QED) is 0.520. The molecule has 0 spiro atoms. The molecule has 1 aromatic heterocycles. The van der Waals surface area contributed by atoms with Gasteiger partial charge in [0.05, 0.1) is 24.8 Å². The van der Waals surface area contributed by atoms with Crippen LogP contribution in [0.25, 0.3) is 0 Å². The molecule has 2 atom stereocenters. The molecule has 1 aliphatic carbocycles. The highest BCUT2D eigenvalue weighted by molar-refractivity contribution is 5.96. The number of benzene rings is 2. The SMILES string of the molecule is O=C1COc2cc(OCC3CC3)cc(c2)C(=O)N[C@H]2CN(C(=O)c3cccnc3)C[C@@H]2Oc2ccc(cc2)CN1. The van der Waals surface area contributed by atoms with Gasteiger partial charge in [0.2, 0.25) is 0 Å². The molecule has 10 nitrogen and oxygen atoms in total. The Kier molecular flexibility index (Phi) is 7.22. The minimum atomic E-state index is -0.490. The van der Waals surface area contributed by atoms with Gasteiger partial charge in [0.1, 0.15) is 23.4 Å². The Bertz CT molecular complexity index is 1390. The first-order valence-corrected chi connectivity index (χ1v) is 13.4. The summed E-state index contributed by atoms with van der Waals surface area (Å²) in [4.78, 5) is 44.9. The van der Waals surface area contributed by atoms with E-state index in [-0.39, 0.29) is 37.4 Å². The summed E-state index contributed by atoms with van der Waals surface area (Å²) in [6.07, 6.45) is 4.91. The Morgan fingerprint density at radius 3 is 2.67 bits per heavy atom. The first-order chi connectivity index (χ1) is 19.5. The Morgan fingerprint density at radius 1 is 1.05 bits per heavy atom. The molecule has 4 bridgehead atoms. The van der Waals surface area contributed by atoms with Gasteiger partial charge in [0.15, 0.2) is 6.61 Å². The second kappa shape index (κ2) is 11.3. The average Bonchev–Trinajstić information content (AvgIpc) is 3.74. The Hall–Kier alpha value is -4.60. The van der Waals surface area contributed by atoms with Crippen LogP contribution in [0.2, 0.25) is 0 Å². The molecule has 10 heteroatoms. The molecule has 1 saturated carbocycles. The molecule has 7 rings (SSSR count). The average molecular weight is 543 g/mol. The molecule has 206 valence electrons. The van der Waals surface area contributed by atoms with Crippen LogP contribution in [0, 0.1) is 5.92 Å². The predicted molar refractivity (Wildman–Crippen MR) is 144 cm³/mol. The number of ether oxygens (including phenoxy) is 3. The van der Waals surface area contributed by atoms with Crippen LogP contribution in [0.4, 0.5) is 0 Å². The second-order valence-electron chi connectivity index (χ2n) is 10.3. The lowest BCUT2D eigenvalue weighted by molar-refractivity contribution is -0.123. The highest BCUT2D eigenvalue weighted by Gasteiger charge is 2.38. The lowest BCUT2D eigenvalue weighted by Gasteiger charge is -2.21. The van der Waals surface area contributed by atoms with Crippen LogP contribution in [-0.4, -0.2) is 66.1 Å². The number of nitrogens with zero attached hydrogens (tertiary/aromatic N) is 2. The van der Waals surface area contributed by atoms with Crippen molar-refractivity contribution in [2.24, 2.45) is 5.92 Å². The Morgan fingerprint density at radius 2 is 1.90 bits per heavy atom. The van der Waals surface area contributed by atoms with Crippen LogP contribution in [0.15, 0.2) is 67.0 Å². The van der Waals surface area contributed by atoms with Crippen molar-refractivity contribution in [1.29, 1.82) is 0 Å². The van der Waals surface area contributed by atoms with Crippen LogP contribution in [0.3, 0.4) is 0 Å². The fraction of sp³-hybridized carbons (Fsp3) is 0.333. The van der Waals surface area contributed by atoms with Gasteiger partial charge in [-0.25, -0.2) is 0 Å². The monoisotopic (exact) mass is 542 g/mol. The van der Waals surface area contributed by atoms with Crippen molar-refractivity contribution in [1.82, 2.24) is 20.5 Å². The molecule has 2 aromatic carbocycles. The zero-order valence-corrected chi connectivity index (χ0v) is 21.9. The highest BCUT2D eigenvalue weighted by atomic mass is 16.5. The van der Waals surface area contributed by atoms with Gasteiger partial charge in [-0.1, -0.05) is 12.1 Å². The number of rotatable bonds is 4. The third-order valence-corrected chi connectivity index (χ3v) is 7.17. The lowest BCUT2D eigenvalue weighted by Crippen LogP contribution is -2.45. The van der Waals surface area contributed by atoms with E-state index in [1.165, 1.54) is 6.20 Å². The lowest BCUT2D eigenvalue weighted by atomic mass is 10.1. The van der Waals surface area contributed by atoms with Crippen molar-refractivity contribution >= 4 is 17.7 Å². The topological polar surface area (TPSA) is 119 Å². The number of carbonyl (C=O) groups excluding carboxylic acids is 3. The number of fused-ring (bicyclic) bond motifs is 7. The molecule has 0 unspecified atom stereocenters. The van der Waals surface area contributed by atoms with Crippen molar-refractivity contribution in [2.45, 2.75) is 31.5 Å². The number of aromatic nitrogens is 1. The third-order valence-electron chi connectivity index (χ3n) is 7.17. The number of hydrogen-bond donors (Lipinski definition) is 2. The minimum absolute atomic E-state index is 0.183. The number of hydrogen-bond acceptors (Lipinski definition) is 7. The highest BCUT2D eigenvalue weighted by Crippen LogP contribution is 2.31. The van der Waals surface area contributed by atoms with E-state index in [4.69, 9.17) is 14.2 Å². The van der Waals surface area contributed by atoms with Crippen LogP contribution in [0.5, 0.6) is 17.2 Å². The maximum atomic E-state index is 13.5. The van der Waals surface area contributed by atoms with E-state index in [0.717, 1.165) is 18.4 Å². The van der Waals surface area contributed by atoms with E-state index in [1.807, 2.05) is 24.3 Å². The van der Waals surface area contributed by atoms with Gasteiger partial charge in [0, 0.05) is 37.1 Å². The summed E-state index contributed by atoms with van der Waals surface area (Å²) < 4.78 is 18.0. The van der Waals surface area contributed by atoms with E-state index < -0.39 is 12.1 Å². The molecule has 3 aromatic rings. The van der Waals surface area contributed by atoms with Crippen molar-refractivity contribution in [3.63, 3.8) is 0 Å². The second-order valence-corrected chi connectivity index (χ2v) is 10.3. The van der Waals surface area contributed by atoms with E-state index in [9.17, 15) is 14.4 Å². The van der Waals surface area contributed by atoms with Gasteiger partial charge >= 0.3 is 0 Å². The summed E-state index contributed by atoms with van der Waals surface area (Å²) in [7, 11) is 0. The molecule has 4 aliphatic rings. The summed E-state index contributed by atoms with van der Waals surface area (Å²) in [5.41, 5.74) is 1.69. The molecule has 2 fully saturated rings. The number of amides is 3. The number of likely N-dealkylation sites (tertiary alicyclic amines) is 1. The van der Waals surface area contributed by atoms with Crippen LogP contribution in [-0.2, 0) is 11.3 Å². The number of carbonyl (C=O) groups is 3. The number of nitrogens with one attached hydrogen (secondary N) is 2. The minimum Gasteiger partial charge on any atom is -0.493 e. The zero-order valence-electron chi connectivity index (χ0n) is 21.9. The van der Waals surface area contributed by atoms with Crippen molar-refractivity contribution in [3.8, 4) is 17.2 Å². The van der Waals surface area contributed by atoms with Gasteiger partial charge in [-0.05, 0) is 60.7 Å². The smallest absolute Gasteiger partial charge is 0.258 e. The van der Waals surface area contributed by atoms with E-state index in [0.29, 0.717) is 47.4 Å². The van der Waals surface area contributed by atoms with Crippen LogP contribution in [0.1, 0.15) is 39.1 Å². The standard InChI is InChI=1S/C30H30N4O6/c35-28-18-39-25-11-22(10-24(12-25)38-17-20-3-4-20)29(36)33-26-15-34(30(37)21-2-1-9-31-14-21)16-27(26)40-23-7-5-19(6-8-23)13-32-28/h1-2,5-12,14,20,26-27H,3-4,13,15-18H2,(H,32,35)(H,33,36)/t26-,27-/m0/s1. The zero-order chi connectivity index (χ0) is 27.5. The van der Waals surface area contributed by atoms with Gasteiger partial charge in [0.25, 0.3) is 17.7 Å². The van der Waals surface area contributed by atoms with Crippen molar-refractivity contribution in [3.05, 3.63) is 83.7 Å². The van der Waals surface area contributed by atoms with Gasteiger partial charge < -0.3 is 29.7 Å². The first-order valence-electron chi connectivity index (χ1n) is 13.4. The first kappa shape index (κ1) is 25.7. The van der Waals surface area contributed by atoms with Crippen LogP contribution < -0.4 is 24.8 Å². The summed E-state index contributed by atoms with van der Waals surface area (Å²) in [5.74, 6) is 1.15. The largest absolute Gasteiger partial charge is 0.493 e. The number of pyridine rings is 1. The molecular formula is C30H30N4O6. The molecular weight excluding hydrogens is 512 g/mol. The van der Waals surface area contributed by atoms with Gasteiger partial charge in [-0.15, -0.1) is 0 Å². The Balaban J connectivity index is 1.29. The van der Waals surface area contributed by atoms with Crippen molar-refractivity contribution in [2.75, 3.05) is 26.3 Å². The molecule has 40 heavy (non-hydrogen) atoms. The van der Waals surface area contributed by atoms with Gasteiger partial charge in [-0.3, -0.25) is 19.4 Å².